The summed E-state index contributed by atoms with van der Waals surface area (Å²) in [6.45, 7) is 2.09. The second-order valence-electron chi connectivity index (χ2n) is 6.19. The zero-order valence-corrected chi connectivity index (χ0v) is 17.1. The lowest BCUT2D eigenvalue weighted by Crippen LogP contribution is -2.35. The first-order valence-electron chi connectivity index (χ1n) is 8.57. The van der Waals surface area contributed by atoms with Gasteiger partial charge in [-0.15, -0.1) is 11.3 Å². The molecule has 0 aliphatic carbocycles. The zero-order chi connectivity index (χ0) is 20.3. The highest BCUT2D eigenvalue weighted by Gasteiger charge is 2.22. The number of thioether (sulfide) groups is 1. The molecule has 28 heavy (non-hydrogen) atoms. The molecular formula is C19H19N5O2S2. The summed E-state index contributed by atoms with van der Waals surface area (Å²) in [7, 11) is 1.65. The largest absolute Gasteiger partial charge is 0.344 e. The summed E-state index contributed by atoms with van der Waals surface area (Å²) in [6, 6.07) is 11.6. The van der Waals surface area contributed by atoms with Crippen LogP contribution in [0.1, 0.15) is 13.3 Å². The van der Waals surface area contributed by atoms with Gasteiger partial charge in [0.1, 0.15) is 4.83 Å². The molecule has 0 aliphatic rings. The van der Waals surface area contributed by atoms with Gasteiger partial charge in [0.25, 0.3) is 5.56 Å². The van der Waals surface area contributed by atoms with Gasteiger partial charge in [-0.3, -0.25) is 9.59 Å². The number of nitrogen functional groups attached to an aromatic ring is 1. The van der Waals surface area contributed by atoms with E-state index in [4.69, 9.17) is 11.1 Å². The second kappa shape index (κ2) is 8.46. The van der Waals surface area contributed by atoms with E-state index >= 15 is 0 Å². The van der Waals surface area contributed by atoms with E-state index in [2.05, 4.69) is 4.98 Å². The number of nitrogens with two attached hydrogens (primary N) is 1. The van der Waals surface area contributed by atoms with Crippen molar-refractivity contribution in [2.24, 2.45) is 0 Å². The number of thiophene rings is 1. The van der Waals surface area contributed by atoms with Gasteiger partial charge in [-0.1, -0.05) is 42.1 Å². The van der Waals surface area contributed by atoms with E-state index in [-0.39, 0.29) is 23.0 Å². The van der Waals surface area contributed by atoms with Gasteiger partial charge in [-0.2, -0.15) is 5.26 Å². The summed E-state index contributed by atoms with van der Waals surface area (Å²) < 4.78 is 1.01. The third-order valence-corrected chi connectivity index (χ3v) is 6.18. The fourth-order valence-electron chi connectivity index (χ4n) is 2.74. The number of carbonyl (C=O) groups excluding carboxylic acids is 1. The van der Waals surface area contributed by atoms with Gasteiger partial charge < -0.3 is 10.7 Å². The molecule has 2 N–H and O–H groups in total. The summed E-state index contributed by atoms with van der Waals surface area (Å²) in [5.41, 5.74) is 1.38. The molecule has 9 heteroatoms. The quantitative estimate of drug-likeness (QED) is 0.378. The smallest absolute Gasteiger partial charge is 0.282 e. The molecule has 0 bridgehead atoms. The van der Waals surface area contributed by atoms with Crippen molar-refractivity contribution in [2.75, 3.05) is 19.4 Å². The number of hydrogen-bond donors (Lipinski definition) is 1. The lowest BCUT2D eigenvalue weighted by Gasteiger charge is -2.20. The summed E-state index contributed by atoms with van der Waals surface area (Å²) >= 11 is 2.51. The molecule has 0 saturated carbocycles. The van der Waals surface area contributed by atoms with E-state index < -0.39 is 5.25 Å². The van der Waals surface area contributed by atoms with Crippen LogP contribution in [0.4, 0.5) is 0 Å². The Morgan fingerprint density at radius 2 is 2.14 bits per heavy atom. The van der Waals surface area contributed by atoms with Crippen LogP contribution >= 0.6 is 23.1 Å². The molecule has 2 aromatic heterocycles. The van der Waals surface area contributed by atoms with Gasteiger partial charge in [0, 0.05) is 24.5 Å². The van der Waals surface area contributed by atoms with Gasteiger partial charge in [-0.05, 0) is 12.5 Å². The number of carbonyl (C=O) groups is 1. The second-order valence-corrected chi connectivity index (χ2v) is 8.36. The minimum Gasteiger partial charge on any atom is -0.344 e. The van der Waals surface area contributed by atoms with E-state index in [1.54, 1.807) is 14.0 Å². The van der Waals surface area contributed by atoms with Crippen molar-refractivity contribution in [1.29, 1.82) is 5.26 Å². The van der Waals surface area contributed by atoms with Crippen LogP contribution in [0.2, 0.25) is 0 Å². The minimum absolute atomic E-state index is 0.147. The number of aromatic nitrogens is 2. The van der Waals surface area contributed by atoms with Gasteiger partial charge in [0.05, 0.1) is 23.1 Å². The number of nitrogens with zero attached hydrogens (tertiary/aromatic N) is 4. The minimum atomic E-state index is -0.489. The van der Waals surface area contributed by atoms with E-state index in [1.807, 2.05) is 41.8 Å². The third kappa shape index (κ3) is 3.88. The molecule has 3 aromatic rings. The van der Waals surface area contributed by atoms with Crippen molar-refractivity contribution < 1.29 is 4.79 Å². The molecule has 0 fully saturated rings. The molecule has 1 amide bonds. The lowest BCUT2D eigenvalue weighted by atomic mass is 10.1. The van der Waals surface area contributed by atoms with Crippen molar-refractivity contribution in [2.45, 2.75) is 23.8 Å². The average Bonchev–Trinajstić information content (AvgIpc) is 3.13. The highest BCUT2D eigenvalue weighted by molar-refractivity contribution is 8.00. The Bertz CT molecular complexity index is 1100. The van der Waals surface area contributed by atoms with Crippen LogP contribution in [0.15, 0.2) is 45.7 Å². The zero-order valence-electron chi connectivity index (χ0n) is 15.5. The molecule has 1 aromatic carbocycles. The molecule has 2 heterocycles. The fourth-order valence-corrected chi connectivity index (χ4v) is 4.68. The highest BCUT2D eigenvalue weighted by atomic mass is 32.2. The SMILES string of the molecule is C[C@H](Sc1nc2scc(-c3ccccc3)c2c(=O)n1N)C(=O)N(C)CCC#N. The first-order chi connectivity index (χ1) is 13.4. The number of fused-ring (bicyclic) bond motifs is 1. The predicted octanol–water partition coefficient (Wildman–Crippen LogP) is 2.69. The van der Waals surface area contributed by atoms with Crippen molar-refractivity contribution in [3.05, 3.63) is 46.1 Å². The maximum atomic E-state index is 12.9. The normalized spacial score (nSPS) is 11.9. The van der Waals surface area contributed by atoms with Crippen LogP contribution in [0, 0.1) is 11.3 Å². The summed E-state index contributed by atoms with van der Waals surface area (Å²) in [4.78, 5) is 31.9. The van der Waals surface area contributed by atoms with E-state index in [0.717, 1.165) is 27.6 Å². The Morgan fingerprint density at radius 3 is 2.82 bits per heavy atom. The van der Waals surface area contributed by atoms with Gasteiger partial charge in [0.15, 0.2) is 5.16 Å². The number of hydrogen-bond acceptors (Lipinski definition) is 7. The van der Waals surface area contributed by atoms with Crippen molar-refractivity contribution >= 4 is 39.2 Å². The monoisotopic (exact) mass is 413 g/mol. The Balaban J connectivity index is 1.92. The van der Waals surface area contributed by atoms with Crippen molar-refractivity contribution in [3.63, 3.8) is 0 Å². The molecule has 7 nitrogen and oxygen atoms in total. The first kappa shape index (κ1) is 19.9. The maximum Gasteiger partial charge on any atom is 0.282 e. The topological polar surface area (TPSA) is 105 Å². The van der Waals surface area contributed by atoms with Crippen LogP contribution in [0.3, 0.4) is 0 Å². The average molecular weight is 414 g/mol. The van der Waals surface area contributed by atoms with Gasteiger partial charge in [-0.25, -0.2) is 9.66 Å². The Morgan fingerprint density at radius 1 is 1.43 bits per heavy atom. The molecule has 144 valence electrons. The van der Waals surface area contributed by atoms with Crippen molar-refractivity contribution in [3.8, 4) is 17.2 Å². The summed E-state index contributed by atoms with van der Waals surface area (Å²) in [6.07, 6.45) is 0.267. The molecule has 1 atom stereocenters. The Kier molecular flexibility index (Phi) is 6.02. The molecule has 0 spiro atoms. The molecule has 3 rings (SSSR count). The predicted molar refractivity (Wildman–Crippen MR) is 113 cm³/mol. The van der Waals surface area contributed by atoms with E-state index in [0.29, 0.717) is 16.8 Å². The van der Waals surface area contributed by atoms with Crippen LogP contribution in [0.25, 0.3) is 21.3 Å². The molecular weight excluding hydrogens is 394 g/mol. The number of nitriles is 1. The Labute approximate surface area is 170 Å². The van der Waals surface area contributed by atoms with Crippen LogP contribution in [0.5, 0.6) is 0 Å². The van der Waals surface area contributed by atoms with Crippen LogP contribution in [-0.2, 0) is 4.79 Å². The maximum absolute atomic E-state index is 12.9. The number of amides is 1. The highest BCUT2D eigenvalue weighted by Crippen LogP contribution is 2.32. The van der Waals surface area contributed by atoms with E-state index in [1.165, 1.54) is 16.2 Å². The lowest BCUT2D eigenvalue weighted by molar-refractivity contribution is -0.128. The molecule has 0 radical (unpaired) electrons. The molecule has 0 aliphatic heterocycles. The molecule has 0 unspecified atom stereocenters. The van der Waals surface area contributed by atoms with Crippen LogP contribution < -0.4 is 11.4 Å². The number of benzene rings is 1. The fraction of sp³-hybridized carbons (Fsp3) is 0.263. The standard InChI is InChI=1S/C19H19N5O2S2/c1-12(17(25)23(2)10-6-9-20)28-19-22-16-15(18(26)24(19)21)14(11-27-16)13-7-4-3-5-8-13/h3-5,7-8,11-12H,6,10,21H2,1-2H3/t12-/m0/s1. The first-order valence-corrected chi connectivity index (χ1v) is 10.3. The summed E-state index contributed by atoms with van der Waals surface area (Å²) in [5, 5.41) is 10.8. The molecule has 0 saturated heterocycles. The van der Waals surface area contributed by atoms with E-state index in [9.17, 15) is 9.59 Å². The van der Waals surface area contributed by atoms with Crippen molar-refractivity contribution in [1.82, 2.24) is 14.6 Å². The van der Waals surface area contributed by atoms with Gasteiger partial charge in [0.2, 0.25) is 5.91 Å². The number of rotatable bonds is 6. The van der Waals surface area contributed by atoms with Crippen LogP contribution in [-0.4, -0.2) is 39.3 Å². The van der Waals surface area contributed by atoms with Gasteiger partial charge >= 0.3 is 0 Å². The third-order valence-electron chi connectivity index (χ3n) is 4.26. The Hall–Kier alpha value is -2.83. The summed E-state index contributed by atoms with van der Waals surface area (Å²) in [5.74, 6) is 5.87.